The SMILES string of the molecule is CCOC(=O)Nc1nc(/C(=N\O)C(=O)OCC)ns1. The molecule has 0 aliphatic rings. The predicted molar refractivity (Wildman–Crippen MR) is 65.5 cm³/mol. The Morgan fingerprint density at radius 1 is 1.37 bits per heavy atom. The van der Waals surface area contributed by atoms with Crippen LogP contribution in [0.25, 0.3) is 0 Å². The molecule has 19 heavy (non-hydrogen) atoms. The van der Waals surface area contributed by atoms with Crippen LogP contribution in [0.1, 0.15) is 19.7 Å². The average molecular weight is 288 g/mol. The lowest BCUT2D eigenvalue weighted by atomic mass is 10.3. The molecular formula is C9H12N4O5S. The summed E-state index contributed by atoms with van der Waals surface area (Å²) in [4.78, 5) is 26.4. The van der Waals surface area contributed by atoms with Crippen molar-refractivity contribution in [2.75, 3.05) is 18.5 Å². The van der Waals surface area contributed by atoms with Gasteiger partial charge in [-0.15, -0.1) is 0 Å². The van der Waals surface area contributed by atoms with E-state index >= 15 is 0 Å². The summed E-state index contributed by atoms with van der Waals surface area (Å²) in [6, 6.07) is 0. The summed E-state index contributed by atoms with van der Waals surface area (Å²) in [5.41, 5.74) is -0.435. The largest absolute Gasteiger partial charge is 0.461 e. The number of aromatic nitrogens is 2. The lowest BCUT2D eigenvalue weighted by Gasteiger charge is -2.00. The molecule has 1 amide bonds. The first-order valence-corrected chi connectivity index (χ1v) is 6.06. The van der Waals surface area contributed by atoms with Crippen LogP contribution >= 0.6 is 11.5 Å². The highest BCUT2D eigenvalue weighted by Crippen LogP contribution is 2.12. The molecule has 10 heteroatoms. The molecule has 1 rings (SSSR count). The summed E-state index contributed by atoms with van der Waals surface area (Å²) in [6.45, 7) is 3.59. The van der Waals surface area contributed by atoms with Crippen molar-refractivity contribution in [2.45, 2.75) is 13.8 Å². The first-order chi connectivity index (χ1) is 9.12. The van der Waals surface area contributed by atoms with Crippen molar-refractivity contribution in [3.05, 3.63) is 5.82 Å². The van der Waals surface area contributed by atoms with E-state index in [1.54, 1.807) is 13.8 Å². The number of hydrogen-bond acceptors (Lipinski definition) is 9. The summed E-state index contributed by atoms with van der Waals surface area (Å²) < 4.78 is 13.1. The maximum absolute atomic E-state index is 11.4. The van der Waals surface area contributed by atoms with E-state index in [2.05, 4.69) is 29.3 Å². The third-order valence-corrected chi connectivity index (χ3v) is 2.32. The van der Waals surface area contributed by atoms with Gasteiger partial charge in [-0.1, -0.05) is 5.16 Å². The molecule has 0 aliphatic heterocycles. The summed E-state index contributed by atoms with van der Waals surface area (Å²) >= 11 is 0.810. The number of carbonyl (C=O) groups is 2. The molecule has 0 unspecified atom stereocenters. The van der Waals surface area contributed by atoms with Gasteiger partial charge in [0.25, 0.3) is 0 Å². The Kier molecular flexibility index (Phi) is 5.67. The molecule has 0 aromatic carbocycles. The summed E-state index contributed by atoms with van der Waals surface area (Å²) in [6.07, 6.45) is -0.691. The van der Waals surface area contributed by atoms with Crippen molar-refractivity contribution in [1.29, 1.82) is 0 Å². The monoisotopic (exact) mass is 288 g/mol. The Bertz CT molecular complexity index is 487. The lowest BCUT2D eigenvalue weighted by molar-refractivity contribution is -0.135. The molecule has 104 valence electrons. The van der Waals surface area contributed by atoms with Gasteiger partial charge >= 0.3 is 12.1 Å². The number of anilines is 1. The second kappa shape index (κ2) is 7.26. The molecular weight excluding hydrogens is 276 g/mol. The number of amides is 1. The molecule has 1 heterocycles. The highest BCUT2D eigenvalue weighted by Gasteiger charge is 2.21. The molecule has 0 fully saturated rings. The zero-order chi connectivity index (χ0) is 14.3. The first kappa shape index (κ1) is 14.8. The van der Waals surface area contributed by atoms with Gasteiger partial charge in [0, 0.05) is 11.5 Å². The number of oxime groups is 1. The molecule has 0 saturated carbocycles. The normalized spacial score (nSPS) is 10.9. The summed E-state index contributed by atoms with van der Waals surface area (Å²) in [5.74, 6) is -0.997. The number of nitrogens with zero attached hydrogens (tertiary/aromatic N) is 3. The van der Waals surface area contributed by atoms with Crippen molar-refractivity contribution >= 4 is 34.4 Å². The van der Waals surface area contributed by atoms with Crippen LogP contribution in [-0.4, -0.2) is 45.6 Å². The fraction of sp³-hybridized carbons (Fsp3) is 0.444. The molecule has 0 atom stereocenters. The third kappa shape index (κ3) is 4.17. The Morgan fingerprint density at radius 2 is 2.05 bits per heavy atom. The molecule has 0 radical (unpaired) electrons. The number of carbonyl (C=O) groups excluding carboxylic acids is 2. The Labute approximate surface area is 112 Å². The number of hydrogen-bond donors (Lipinski definition) is 2. The van der Waals surface area contributed by atoms with Crippen LogP contribution in [0, 0.1) is 0 Å². The number of esters is 1. The lowest BCUT2D eigenvalue weighted by Crippen LogP contribution is -2.20. The van der Waals surface area contributed by atoms with Gasteiger partial charge < -0.3 is 14.7 Å². The predicted octanol–water partition coefficient (Wildman–Crippen LogP) is 0.848. The molecule has 0 saturated heterocycles. The van der Waals surface area contributed by atoms with Gasteiger partial charge in [-0.05, 0) is 13.8 Å². The molecule has 9 nitrogen and oxygen atoms in total. The zero-order valence-corrected chi connectivity index (χ0v) is 11.1. The van der Waals surface area contributed by atoms with E-state index in [4.69, 9.17) is 5.21 Å². The molecule has 2 N–H and O–H groups in total. The molecule has 0 spiro atoms. The quantitative estimate of drug-likeness (QED) is 0.356. The fourth-order valence-electron chi connectivity index (χ4n) is 1.00. The maximum atomic E-state index is 11.4. The van der Waals surface area contributed by atoms with Gasteiger partial charge in [-0.2, -0.15) is 9.36 Å². The third-order valence-electron chi connectivity index (χ3n) is 1.69. The second-order valence-corrected chi connectivity index (χ2v) is 3.69. The Balaban J connectivity index is 2.77. The van der Waals surface area contributed by atoms with Crippen molar-refractivity contribution in [2.24, 2.45) is 5.16 Å². The van der Waals surface area contributed by atoms with Crippen molar-refractivity contribution in [3.8, 4) is 0 Å². The highest BCUT2D eigenvalue weighted by molar-refractivity contribution is 7.10. The minimum Gasteiger partial charge on any atom is -0.461 e. The Morgan fingerprint density at radius 3 is 2.63 bits per heavy atom. The van der Waals surface area contributed by atoms with Crippen LogP contribution in [0.3, 0.4) is 0 Å². The molecule has 0 aliphatic carbocycles. The van der Waals surface area contributed by atoms with Crippen LogP contribution in [0.15, 0.2) is 5.16 Å². The van der Waals surface area contributed by atoms with Crippen LogP contribution in [0.4, 0.5) is 9.93 Å². The van der Waals surface area contributed by atoms with E-state index in [9.17, 15) is 9.59 Å². The minimum atomic E-state index is -0.856. The van der Waals surface area contributed by atoms with E-state index in [1.165, 1.54) is 0 Å². The average Bonchev–Trinajstić information content (AvgIpc) is 2.79. The van der Waals surface area contributed by atoms with Crippen LogP contribution in [-0.2, 0) is 14.3 Å². The van der Waals surface area contributed by atoms with Crippen LogP contribution < -0.4 is 5.32 Å². The van der Waals surface area contributed by atoms with E-state index in [-0.39, 0.29) is 24.2 Å². The topological polar surface area (TPSA) is 123 Å². The van der Waals surface area contributed by atoms with Gasteiger partial charge in [-0.3, -0.25) is 5.32 Å². The van der Waals surface area contributed by atoms with Gasteiger partial charge in [0.2, 0.25) is 16.7 Å². The fourth-order valence-corrected chi connectivity index (χ4v) is 1.56. The van der Waals surface area contributed by atoms with Crippen LogP contribution in [0.5, 0.6) is 0 Å². The van der Waals surface area contributed by atoms with Gasteiger partial charge in [0.15, 0.2) is 0 Å². The van der Waals surface area contributed by atoms with Crippen molar-refractivity contribution < 1.29 is 24.3 Å². The van der Waals surface area contributed by atoms with Gasteiger partial charge in [-0.25, -0.2) is 9.59 Å². The van der Waals surface area contributed by atoms with Crippen molar-refractivity contribution in [1.82, 2.24) is 9.36 Å². The zero-order valence-electron chi connectivity index (χ0n) is 10.2. The van der Waals surface area contributed by atoms with Gasteiger partial charge in [0.05, 0.1) is 13.2 Å². The van der Waals surface area contributed by atoms with E-state index in [0.717, 1.165) is 11.5 Å². The minimum absolute atomic E-state index is 0.110. The highest BCUT2D eigenvalue weighted by atomic mass is 32.1. The molecule has 0 bridgehead atoms. The smallest absolute Gasteiger partial charge is 0.413 e. The Hall–Kier alpha value is -2.23. The summed E-state index contributed by atoms with van der Waals surface area (Å²) in [5, 5.41) is 14.0. The number of rotatable bonds is 5. The van der Waals surface area contributed by atoms with Gasteiger partial charge in [0.1, 0.15) is 0 Å². The maximum Gasteiger partial charge on any atom is 0.413 e. The standard InChI is InChI=1S/C9H12N4O5S/c1-3-17-7(14)5(12-16)6-10-8(19-13-6)11-9(15)18-4-2/h16H,3-4H2,1-2H3,(H,10,11,13,15)/b12-5+. The van der Waals surface area contributed by atoms with E-state index in [1.807, 2.05) is 0 Å². The molecule has 1 aromatic rings. The summed E-state index contributed by atoms with van der Waals surface area (Å²) in [7, 11) is 0. The van der Waals surface area contributed by atoms with Crippen molar-refractivity contribution in [3.63, 3.8) is 0 Å². The number of nitrogens with one attached hydrogen (secondary N) is 1. The van der Waals surface area contributed by atoms with Crippen LogP contribution in [0.2, 0.25) is 0 Å². The first-order valence-electron chi connectivity index (χ1n) is 5.29. The number of ether oxygens (including phenoxy) is 2. The second-order valence-electron chi connectivity index (χ2n) is 2.94. The van der Waals surface area contributed by atoms with E-state index in [0.29, 0.717) is 0 Å². The van der Waals surface area contributed by atoms with E-state index < -0.39 is 17.8 Å². The molecule has 1 aromatic heterocycles.